The zero-order valence-electron chi connectivity index (χ0n) is 14.1. The van der Waals surface area contributed by atoms with Gasteiger partial charge in [-0.1, -0.05) is 11.2 Å². The highest BCUT2D eigenvalue weighted by Gasteiger charge is 2.39. The second kappa shape index (κ2) is 7.13. The largest absolute Gasteiger partial charge is 0.471 e. The van der Waals surface area contributed by atoms with Crippen LogP contribution in [0.2, 0.25) is 0 Å². The number of Topliss-reactive ketones (excluding diaryl/α,β-unsaturated/α-hetero) is 1. The highest BCUT2D eigenvalue weighted by Crippen LogP contribution is 2.34. The number of alkyl halides is 3. The van der Waals surface area contributed by atoms with Gasteiger partial charge in [0.05, 0.1) is 16.3 Å². The lowest BCUT2D eigenvalue weighted by atomic mass is 10.2. The van der Waals surface area contributed by atoms with Crippen LogP contribution < -0.4 is 0 Å². The predicted molar refractivity (Wildman–Crippen MR) is 94.8 cm³/mol. The van der Waals surface area contributed by atoms with Crippen LogP contribution in [0.3, 0.4) is 0 Å². The number of hydrogen-bond donors (Lipinski definition) is 0. The van der Waals surface area contributed by atoms with Gasteiger partial charge in [0.25, 0.3) is 11.7 Å². The van der Waals surface area contributed by atoms with Gasteiger partial charge in [0.2, 0.25) is 5.82 Å². The van der Waals surface area contributed by atoms with E-state index in [2.05, 4.69) is 14.7 Å². The van der Waals surface area contributed by atoms with Gasteiger partial charge in [-0.2, -0.15) is 18.2 Å². The van der Waals surface area contributed by atoms with Crippen molar-refractivity contribution in [1.29, 1.82) is 0 Å². The topological polar surface area (TPSA) is 76.3 Å². The average molecular weight is 427 g/mol. The van der Waals surface area contributed by atoms with Gasteiger partial charge in [-0.25, -0.2) is 0 Å². The smallest absolute Gasteiger partial charge is 0.329 e. The quantitative estimate of drug-likeness (QED) is 0.434. The molecule has 0 aromatic carbocycles. The molecule has 11 heteroatoms. The van der Waals surface area contributed by atoms with Crippen molar-refractivity contribution in [2.24, 2.45) is 0 Å². The molecular formula is C17H12F3N3O3S2. The van der Waals surface area contributed by atoms with E-state index in [1.807, 2.05) is 0 Å². The molecular weight excluding hydrogens is 415 g/mol. The first-order valence-corrected chi connectivity index (χ1v) is 9.91. The van der Waals surface area contributed by atoms with Gasteiger partial charge in [-0.3, -0.25) is 9.59 Å². The van der Waals surface area contributed by atoms with Crippen molar-refractivity contribution in [2.45, 2.75) is 31.6 Å². The van der Waals surface area contributed by atoms with Crippen molar-refractivity contribution < 1.29 is 27.3 Å². The summed E-state index contributed by atoms with van der Waals surface area (Å²) in [6.45, 7) is 0.204. The molecule has 1 fully saturated rings. The molecule has 0 bridgehead atoms. The molecule has 3 heterocycles. The highest BCUT2D eigenvalue weighted by molar-refractivity contribution is 7.15. The van der Waals surface area contributed by atoms with Gasteiger partial charge in [0.1, 0.15) is 0 Å². The Morgan fingerprint density at radius 1 is 1.25 bits per heavy atom. The standard InChI is InChI=1S/C17H12F3N3O3S2/c18-17(19,20)16-21-14(22-26-16)12-6-5-10(28-12)8-23(9-3-4-9)15(25)13(24)11-2-1-7-27-11/h1-2,5-7,9H,3-4,8H2. The summed E-state index contributed by atoms with van der Waals surface area (Å²) < 4.78 is 42.1. The Hall–Kier alpha value is -2.53. The molecule has 0 spiro atoms. The number of carbonyl (C=O) groups excluding carboxylic acids is 2. The van der Waals surface area contributed by atoms with Crippen LogP contribution in [0.4, 0.5) is 13.2 Å². The maximum absolute atomic E-state index is 12.6. The van der Waals surface area contributed by atoms with Gasteiger partial charge in [0, 0.05) is 10.9 Å². The minimum atomic E-state index is -4.71. The summed E-state index contributed by atoms with van der Waals surface area (Å²) in [5.41, 5.74) is 0. The molecule has 0 aliphatic heterocycles. The molecule has 1 amide bonds. The zero-order chi connectivity index (χ0) is 19.9. The van der Waals surface area contributed by atoms with Gasteiger partial charge in [-0.15, -0.1) is 22.7 Å². The van der Waals surface area contributed by atoms with Crippen LogP contribution in [0.5, 0.6) is 0 Å². The number of amides is 1. The Morgan fingerprint density at radius 3 is 2.64 bits per heavy atom. The van der Waals surface area contributed by atoms with E-state index in [-0.39, 0.29) is 18.4 Å². The van der Waals surface area contributed by atoms with Crippen LogP contribution in [0, 0.1) is 0 Å². The number of hydrogen-bond acceptors (Lipinski definition) is 7. The van der Waals surface area contributed by atoms with E-state index in [1.54, 1.807) is 29.6 Å². The molecule has 146 valence electrons. The molecule has 4 rings (SSSR count). The molecule has 0 atom stereocenters. The van der Waals surface area contributed by atoms with E-state index in [9.17, 15) is 22.8 Å². The van der Waals surface area contributed by atoms with Gasteiger partial charge in [-0.05, 0) is 36.4 Å². The van der Waals surface area contributed by atoms with E-state index in [0.717, 1.165) is 24.2 Å². The van der Waals surface area contributed by atoms with Crippen molar-refractivity contribution >= 4 is 34.4 Å². The summed E-state index contributed by atoms with van der Waals surface area (Å²) in [6.07, 6.45) is -3.06. The molecule has 0 N–H and O–H groups in total. The van der Waals surface area contributed by atoms with Crippen molar-refractivity contribution in [2.75, 3.05) is 0 Å². The minimum absolute atomic E-state index is 0.00368. The van der Waals surface area contributed by atoms with Crippen LogP contribution >= 0.6 is 22.7 Å². The number of halogens is 3. The summed E-state index contributed by atoms with van der Waals surface area (Å²) >= 11 is 2.36. The number of carbonyl (C=O) groups is 2. The second-order valence-corrected chi connectivity index (χ2v) is 8.27. The third kappa shape index (κ3) is 3.85. The predicted octanol–water partition coefficient (Wildman–Crippen LogP) is 4.25. The second-order valence-electron chi connectivity index (χ2n) is 6.16. The molecule has 3 aromatic heterocycles. The first kappa shape index (κ1) is 18.8. The molecule has 0 radical (unpaired) electrons. The number of thiophene rings is 2. The SMILES string of the molecule is O=C(C(=O)N(Cc1ccc(-c2noc(C(F)(F)F)n2)s1)C1CC1)c1cccs1. The average Bonchev–Trinajstić information content (AvgIpc) is 3.12. The lowest BCUT2D eigenvalue weighted by molar-refractivity contribution is -0.159. The van der Waals surface area contributed by atoms with Crippen molar-refractivity contribution in [3.63, 3.8) is 0 Å². The summed E-state index contributed by atoms with van der Waals surface area (Å²) in [5, 5.41) is 5.09. The lowest BCUT2D eigenvalue weighted by Gasteiger charge is -2.20. The fourth-order valence-electron chi connectivity index (χ4n) is 2.59. The third-order valence-electron chi connectivity index (χ3n) is 4.06. The first-order chi connectivity index (χ1) is 13.3. The van der Waals surface area contributed by atoms with Crippen molar-refractivity contribution in [3.8, 4) is 10.7 Å². The van der Waals surface area contributed by atoms with E-state index in [4.69, 9.17) is 0 Å². The van der Waals surface area contributed by atoms with Crippen LogP contribution in [0.15, 0.2) is 34.2 Å². The first-order valence-electron chi connectivity index (χ1n) is 8.21. The molecule has 6 nitrogen and oxygen atoms in total. The normalized spacial score (nSPS) is 14.2. The zero-order valence-corrected chi connectivity index (χ0v) is 15.7. The van der Waals surface area contributed by atoms with Gasteiger partial charge in [0.15, 0.2) is 0 Å². The Morgan fingerprint density at radius 2 is 2.04 bits per heavy atom. The summed E-state index contributed by atoms with van der Waals surface area (Å²) in [5.74, 6) is -2.69. The van der Waals surface area contributed by atoms with E-state index < -0.39 is 23.8 Å². The number of ketones is 1. The van der Waals surface area contributed by atoms with Gasteiger partial charge >= 0.3 is 12.1 Å². The van der Waals surface area contributed by atoms with Crippen molar-refractivity contribution in [1.82, 2.24) is 15.0 Å². The van der Waals surface area contributed by atoms with Crippen molar-refractivity contribution in [3.05, 3.63) is 45.3 Å². The fourth-order valence-corrected chi connectivity index (χ4v) is 4.17. The van der Waals surface area contributed by atoms with Crippen LogP contribution in [-0.2, 0) is 17.5 Å². The molecule has 0 saturated heterocycles. The third-order valence-corrected chi connectivity index (χ3v) is 6.00. The number of rotatable bonds is 6. The van der Waals surface area contributed by atoms with Crippen LogP contribution in [0.1, 0.15) is 33.3 Å². The van der Waals surface area contributed by atoms with Crippen LogP contribution in [0.25, 0.3) is 10.7 Å². The maximum atomic E-state index is 12.6. The summed E-state index contributed by atoms with van der Waals surface area (Å²) in [6, 6.07) is 6.57. The molecule has 1 saturated carbocycles. The Kier molecular flexibility index (Phi) is 4.79. The van der Waals surface area contributed by atoms with E-state index in [1.165, 1.54) is 16.2 Å². The summed E-state index contributed by atoms with van der Waals surface area (Å²) in [4.78, 5) is 31.4. The Bertz CT molecular complexity index is 1010. The van der Waals surface area contributed by atoms with E-state index in [0.29, 0.717) is 14.6 Å². The Balaban J connectivity index is 1.51. The maximum Gasteiger partial charge on any atom is 0.471 e. The number of aromatic nitrogens is 2. The fraction of sp³-hybridized carbons (Fsp3) is 0.294. The molecule has 3 aromatic rings. The van der Waals surface area contributed by atoms with E-state index >= 15 is 0 Å². The minimum Gasteiger partial charge on any atom is -0.329 e. The van der Waals surface area contributed by atoms with Crippen LogP contribution in [-0.4, -0.2) is 32.8 Å². The number of nitrogens with zero attached hydrogens (tertiary/aromatic N) is 3. The molecule has 1 aliphatic carbocycles. The lowest BCUT2D eigenvalue weighted by Crippen LogP contribution is -2.37. The Labute approximate surface area is 164 Å². The van der Waals surface area contributed by atoms with Gasteiger partial charge < -0.3 is 9.42 Å². The monoisotopic (exact) mass is 427 g/mol. The molecule has 28 heavy (non-hydrogen) atoms. The highest BCUT2D eigenvalue weighted by atomic mass is 32.1. The summed E-state index contributed by atoms with van der Waals surface area (Å²) in [7, 11) is 0. The molecule has 0 unspecified atom stereocenters. The molecule has 1 aliphatic rings.